The molecule has 0 amide bonds. The van der Waals surface area contributed by atoms with E-state index in [-0.39, 0.29) is 124 Å². The molecule has 0 N–H and O–H groups in total. The molecule has 0 spiro atoms. The normalized spacial score (nSPS) is 26.9. The Morgan fingerprint density at radius 2 is 0.818 bits per heavy atom. The maximum atomic E-state index is 9.37. The molecule has 0 bridgehead atoms. The van der Waals surface area contributed by atoms with Crippen LogP contribution in [-0.2, 0) is 52.1 Å². The molecule has 0 aliphatic carbocycles. The van der Waals surface area contributed by atoms with Gasteiger partial charge in [-0.05, 0) is 0 Å². The fourth-order valence-electron chi connectivity index (χ4n) is 5.66. The summed E-state index contributed by atoms with van der Waals surface area (Å²) in [6, 6.07) is 16.1. The van der Waals surface area contributed by atoms with Crippen LogP contribution in [0.5, 0.6) is 0 Å². The molecule has 0 radical (unpaired) electrons. The highest BCUT2D eigenvalue weighted by atomic mass is 16.8. The molecular formula is C36H46N8O11. The van der Waals surface area contributed by atoms with Crippen molar-refractivity contribution in [3.8, 4) is 48.6 Å². The summed E-state index contributed by atoms with van der Waals surface area (Å²) in [5.41, 5.74) is 0. The van der Waals surface area contributed by atoms with Crippen molar-refractivity contribution in [1.82, 2.24) is 0 Å². The van der Waals surface area contributed by atoms with Crippen LogP contribution < -0.4 is 0 Å². The molecule has 9 unspecified atom stereocenters. The number of ether oxygens (including phenoxy) is 11. The van der Waals surface area contributed by atoms with Gasteiger partial charge in [0.15, 0.2) is 6.29 Å². The van der Waals surface area contributed by atoms with E-state index in [1.807, 2.05) is 48.6 Å². The Bertz CT molecular complexity index is 1450. The topological polar surface area (TPSA) is 292 Å². The van der Waals surface area contributed by atoms with E-state index < -0.39 is 54.8 Å². The van der Waals surface area contributed by atoms with Crippen LogP contribution in [0, 0.1) is 90.6 Å². The number of hydrogen-bond acceptors (Lipinski definition) is 19. The van der Waals surface area contributed by atoms with Gasteiger partial charge in [0.05, 0.1) is 166 Å². The Morgan fingerprint density at radius 3 is 1.33 bits per heavy atom. The molecule has 2 aliphatic rings. The van der Waals surface area contributed by atoms with Gasteiger partial charge in [-0.25, -0.2) is 0 Å². The number of nitrogens with zero attached hydrogens (tertiary/aromatic N) is 8. The summed E-state index contributed by atoms with van der Waals surface area (Å²) in [5.74, 6) is -1.94. The Kier molecular flexibility index (Phi) is 24.5. The second-order valence-corrected chi connectivity index (χ2v) is 11.7. The van der Waals surface area contributed by atoms with Crippen LogP contribution in [0.15, 0.2) is 0 Å². The van der Waals surface area contributed by atoms with Crippen LogP contribution in [-0.4, -0.2) is 127 Å². The van der Waals surface area contributed by atoms with Crippen molar-refractivity contribution in [3.05, 3.63) is 0 Å². The number of rotatable bonds is 29. The lowest BCUT2D eigenvalue weighted by Gasteiger charge is -2.48. The first-order valence-corrected chi connectivity index (χ1v) is 17.8. The van der Waals surface area contributed by atoms with Gasteiger partial charge in [-0.15, -0.1) is 0 Å². The molecule has 2 rings (SSSR count). The van der Waals surface area contributed by atoms with Crippen LogP contribution >= 0.6 is 0 Å². The van der Waals surface area contributed by atoms with Crippen molar-refractivity contribution in [2.45, 2.75) is 106 Å². The summed E-state index contributed by atoms with van der Waals surface area (Å²) in [6.07, 6.45) is -8.57. The highest BCUT2D eigenvalue weighted by molar-refractivity contribution is 5.02. The largest absolute Gasteiger partial charge is 0.378 e. The summed E-state index contributed by atoms with van der Waals surface area (Å²) in [4.78, 5) is 0. The Labute approximate surface area is 321 Å². The average Bonchev–Trinajstić information content (AvgIpc) is 3.46. The summed E-state index contributed by atoms with van der Waals surface area (Å²) >= 11 is 0. The molecule has 2 fully saturated rings. The number of nitriles is 8. The summed E-state index contributed by atoms with van der Waals surface area (Å²) in [7, 11) is 0. The molecule has 2 aliphatic heterocycles. The van der Waals surface area contributed by atoms with Crippen LogP contribution in [0.1, 0.15) is 51.4 Å². The quantitative estimate of drug-likeness (QED) is 0.0984. The first kappa shape index (κ1) is 46.6. The molecule has 9 atom stereocenters. The molecule has 2 heterocycles. The van der Waals surface area contributed by atoms with Crippen molar-refractivity contribution in [1.29, 1.82) is 42.1 Å². The van der Waals surface area contributed by atoms with E-state index in [2.05, 4.69) is 0 Å². The molecule has 296 valence electrons. The predicted octanol–water partition coefficient (Wildman–Crippen LogP) is 2.11. The lowest BCUT2D eigenvalue weighted by Crippen LogP contribution is -2.65. The fourth-order valence-corrected chi connectivity index (χ4v) is 5.66. The highest BCUT2D eigenvalue weighted by Crippen LogP contribution is 2.41. The van der Waals surface area contributed by atoms with Gasteiger partial charge >= 0.3 is 0 Å². The molecule has 0 saturated carbocycles. The first-order valence-electron chi connectivity index (χ1n) is 17.8. The molecule has 0 aromatic carbocycles. The Morgan fingerprint density at radius 1 is 0.418 bits per heavy atom. The third-order valence-electron chi connectivity index (χ3n) is 7.91. The van der Waals surface area contributed by atoms with Gasteiger partial charge in [0, 0.05) is 0 Å². The maximum Gasteiger partial charge on any atom is 0.224 e. The summed E-state index contributed by atoms with van der Waals surface area (Å²) in [6.45, 7) is -0.905. The molecule has 0 aromatic heterocycles. The second-order valence-electron chi connectivity index (χ2n) is 11.7. The van der Waals surface area contributed by atoms with Crippen LogP contribution in [0.3, 0.4) is 0 Å². The second kappa shape index (κ2) is 28.9. The fraction of sp³-hybridized carbons (Fsp3) is 0.778. The van der Waals surface area contributed by atoms with Crippen molar-refractivity contribution < 1.29 is 52.1 Å². The molecular weight excluding hydrogens is 720 g/mol. The minimum Gasteiger partial charge on any atom is -0.378 e. The Hall–Kier alpha value is -4.52. The molecule has 55 heavy (non-hydrogen) atoms. The average molecular weight is 767 g/mol. The van der Waals surface area contributed by atoms with E-state index in [1.165, 1.54) is 0 Å². The lowest BCUT2D eigenvalue weighted by molar-refractivity contribution is -0.395. The smallest absolute Gasteiger partial charge is 0.224 e. The van der Waals surface area contributed by atoms with E-state index in [0.717, 1.165) is 0 Å². The monoisotopic (exact) mass is 766 g/mol. The third-order valence-corrected chi connectivity index (χ3v) is 7.91. The summed E-state index contributed by atoms with van der Waals surface area (Å²) < 4.78 is 68.3. The van der Waals surface area contributed by atoms with Crippen molar-refractivity contribution in [2.24, 2.45) is 0 Å². The standard InChI is InChI=1S/C36H46N8O11/c37-9-1-17-45-25-28-30(48-20-4-12-40)32(50-22-6-14-42)33(51-23-7-15-43)35(53-28)55-36(27-47-19-3-11-39)34(52-24-8-16-44)31(49-21-5-13-41)29(54-36)26-46-18-2-10-38/h28-35H,1-8,17-27H2. The predicted molar refractivity (Wildman–Crippen MR) is 180 cm³/mol. The van der Waals surface area contributed by atoms with E-state index in [9.17, 15) is 31.6 Å². The van der Waals surface area contributed by atoms with E-state index in [0.29, 0.717) is 0 Å². The van der Waals surface area contributed by atoms with E-state index >= 15 is 0 Å². The van der Waals surface area contributed by atoms with Gasteiger partial charge in [0.25, 0.3) is 0 Å². The zero-order chi connectivity index (χ0) is 40.0. The van der Waals surface area contributed by atoms with Crippen LogP contribution in [0.4, 0.5) is 0 Å². The number of hydrogen-bond donors (Lipinski definition) is 0. The van der Waals surface area contributed by atoms with Crippen molar-refractivity contribution >= 4 is 0 Å². The van der Waals surface area contributed by atoms with Gasteiger partial charge < -0.3 is 52.1 Å². The van der Waals surface area contributed by atoms with Gasteiger partial charge in [-0.3, -0.25) is 0 Å². The van der Waals surface area contributed by atoms with Crippen molar-refractivity contribution in [3.63, 3.8) is 0 Å². The maximum absolute atomic E-state index is 9.37. The first-order chi connectivity index (χ1) is 27.0. The van der Waals surface area contributed by atoms with Gasteiger partial charge in [0.1, 0.15) is 49.3 Å². The van der Waals surface area contributed by atoms with E-state index in [1.54, 1.807) is 0 Å². The van der Waals surface area contributed by atoms with Crippen molar-refractivity contribution in [2.75, 3.05) is 72.7 Å². The van der Waals surface area contributed by atoms with Crippen LogP contribution in [0.2, 0.25) is 0 Å². The van der Waals surface area contributed by atoms with Gasteiger partial charge in [0.2, 0.25) is 5.79 Å². The van der Waals surface area contributed by atoms with E-state index in [4.69, 9.17) is 62.6 Å². The minimum atomic E-state index is -1.94. The molecule has 2 saturated heterocycles. The zero-order valence-corrected chi connectivity index (χ0v) is 30.6. The molecule has 19 heteroatoms. The summed E-state index contributed by atoms with van der Waals surface area (Å²) in [5, 5.41) is 73.9. The van der Waals surface area contributed by atoms with Crippen LogP contribution in [0.25, 0.3) is 0 Å². The molecule has 19 nitrogen and oxygen atoms in total. The zero-order valence-electron chi connectivity index (χ0n) is 30.6. The Balaban J connectivity index is 2.74. The molecule has 0 aromatic rings. The van der Waals surface area contributed by atoms with Gasteiger partial charge in [-0.1, -0.05) is 0 Å². The highest BCUT2D eigenvalue weighted by Gasteiger charge is 2.61. The SMILES string of the molecule is N#CCCOCC1OC(OC2(COCCC#N)OC(COCCC#N)C(OCCC#N)C2OCCC#N)C(OCCC#N)C(OCCC#N)C1OCCC#N. The minimum absolute atomic E-state index is 0.00810. The lowest BCUT2D eigenvalue weighted by atomic mass is 9.97. The van der Waals surface area contributed by atoms with Gasteiger partial charge in [-0.2, -0.15) is 42.1 Å². The third kappa shape index (κ3) is 16.0.